The van der Waals surface area contributed by atoms with E-state index in [2.05, 4.69) is 15.2 Å². The molecular formula is C27H23N3O6. The minimum absolute atomic E-state index is 0.121. The molecule has 9 nitrogen and oxygen atoms in total. The number of benzene rings is 2. The lowest BCUT2D eigenvalue weighted by molar-refractivity contribution is -0.123. The summed E-state index contributed by atoms with van der Waals surface area (Å²) >= 11 is 0. The van der Waals surface area contributed by atoms with Crippen LogP contribution < -0.4 is 10.2 Å². The van der Waals surface area contributed by atoms with Gasteiger partial charge in [0.25, 0.3) is 5.91 Å². The van der Waals surface area contributed by atoms with Crippen molar-refractivity contribution in [3.05, 3.63) is 88.6 Å². The van der Waals surface area contributed by atoms with E-state index in [1.165, 1.54) is 13.1 Å². The molecule has 9 heteroatoms. The summed E-state index contributed by atoms with van der Waals surface area (Å²) in [5, 5.41) is 2.64. The summed E-state index contributed by atoms with van der Waals surface area (Å²) in [7, 11) is 0. The zero-order chi connectivity index (χ0) is 25.2. The number of hydrogen-bond donors (Lipinski definition) is 1. The Hall–Kier alpha value is -4.37. The van der Waals surface area contributed by atoms with Crippen LogP contribution in [0.25, 0.3) is 0 Å². The summed E-state index contributed by atoms with van der Waals surface area (Å²) in [6.07, 6.45) is 0.251. The summed E-state index contributed by atoms with van der Waals surface area (Å²) in [5.74, 6) is -1.24. The minimum atomic E-state index is -1.16. The number of ether oxygens (including phenoxy) is 2. The Bertz CT molecular complexity index is 1360. The molecule has 182 valence electrons. The van der Waals surface area contributed by atoms with Gasteiger partial charge < -0.3 is 19.7 Å². The third-order valence-corrected chi connectivity index (χ3v) is 6.18. The van der Waals surface area contributed by atoms with E-state index >= 15 is 0 Å². The highest BCUT2D eigenvalue weighted by atomic mass is 16.5. The number of aromatic nitrogens is 1. The number of nitrogens with one attached hydrogen (secondary N) is 1. The summed E-state index contributed by atoms with van der Waals surface area (Å²) < 4.78 is 10.7. The second kappa shape index (κ2) is 9.71. The summed E-state index contributed by atoms with van der Waals surface area (Å²) in [5.41, 5.74) is 1.34. The van der Waals surface area contributed by atoms with Crippen LogP contribution in [0.15, 0.2) is 60.8 Å². The fourth-order valence-corrected chi connectivity index (χ4v) is 4.25. The van der Waals surface area contributed by atoms with Crippen LogP contribution in [-0.2, 0) is 14.3 Å². The van der Waals surface area contributed by atoms with E-state index in [4.69, 9.17) is 9.47 Å². The Balaban J connectivity index is 1.28. The predicted octanol–water partition coefficient (Wildman–Crippen LogP) is 2.88. The van der Waals surface area contributed by atoms with E-state index in [0.717, 1.165) is 18.9 Å². The highest BCUT2D eigenvalue weighted by Gasteiger charge is 2.32. The maximum Gasteiger partial charge on any atom is 0.340 e. The molecule has 1 unspecified atom stereocenters. The predicted molar refractivity (Wildman–Crippen MR) is 131 cm³/mol. The maximum atomic E-state index is 13.1. The SMILES string of the molecule is CC(OC(=O)c1ccc(N2CCOCC2)nc1)C(=O)Nc1cccc2c1C(=O)c1ccccc1C2=O. The molecule has 1 amide bonds. The van der Waals surface area contributed by atoms with Crippen LogP contribution >= 0.6 is 0 Å². The molecule has 5 rings (SSSR count). The molecule has 1 aromatic heterocycles. The lowest BCUT2D eigenvalue weighted by Crippen LogP contribution is -2.36. The molecule has 1 aliphatic heterocycles. The molecule has 0 saturated carbocycles. The van der Waals surface area contributed by atoms with Gasteiger partial charge in [0.15, 0.2) is 17.7 Å². The fourth-order valence-electron chi connectivity index (χ4n) is 4.25. The van der Waals surface area contributed by atoms with Gasteiger partial charge in [-0.3, -0.25) is 14.4 Å². The normalized spacial score (nSPS) is 15.5. The minimum Gasteiger partial charge on any atom is -0.449 e. The van der Waals surface area contributed by atoms with Gasteiger partial charge in [-0.15, -0.1) is 0 Å². The number of pyridine rings is 1. The van der Waals surface area contributed by atoms with Crippen molar-refractivity contribution in [2.24, 2.45) is 0 Å². The highest BCUT2D eigenvalue weighted by Crippen LogP contribution is 2.32. The summed E-state index contributed by atoms with van der Waals surface area (Å²) in [6, 6.07) is 14.6. The number of ketones is 2. The number of morpholine rings is 1. The number of hydrogen-bond acceptors (Lipinski definition) is 8. The van der Waals surface area contributed by atoms with Gasteiger partial charge in [-0.05, 0) is 25.1 Å². The van der Waals surface area contributed by atoms with Gasteiger partial charge in [-0.2, -0.15) is 0 Å². The van der Waals surface area contributed by atoms with Gasteiger partial charge in [0.2, 0.25) is 0 Å². The molecule has 1 fully saturated rings. The van der Waals surface area contributed by atoms with Crippen molar-refractivity contribution < 1.29 is 28.7 Å². The van der Waals surface area contributed by atoms with E-state index < -0.39 is 18.0 Å². The van der Waals surface area contributed by atoms with Crippen LogP contribution in [0, 0.1) is 0 Å². The molecule has 1 saturated heterocycles. The average Bonchev–Trinajstić information content (AvgIpc) is 2.92. The number of carbonyl (C=O) groups excluding carboxylic acids is 4. The smallest absolute Gasteiger partial charge is 0.340 e. The third-order valence-electron chi connectivity index (χ3n) is 6.18. The molecule has 0 bridgehead atoms. The van der Waals surface area contributed by atoms with Crippen molar-refractivity contribution >= 4 is 34.9 Å². The molecule has 3 aromatic rings. The fraction of sp³-hybridized carbons (Fsp3) is 0.222. The maximum absolute atomic E-state index is 13.1. The Morgan fingerprint density at radius 2 is 1.64 bits per heavy atom. The van der Waals surface area contributed by atoms with E-state index in [-0.39, 0.29) is 39.5 Å². The van der Waals surface area contributed by atoms with Crippen LogP contribution in [0.1, 0.15) is 49.1 Å². The quantitative estimate of drug-likeness (QED) is 0.429. The standard InChI is InChI=1S/C27H23N3O6/c1-16(36-27(34)17-9-10-22(28-15-17)30-11-13-35-14-12-30)26(33)29-21-8-4-7-20-23(21)25(32)19-6-3-2-5-18(19)24(20)31/h2-10,15-16H,11-14H2,1H3,(H,29,33). The molecule has 0 radical (unpaired) electrons. The topological polar surface area (TPSA) is 115 Å². The van der Waals surface area contributed by atoms with Crippen molar-refractivity contribution in [3.63, 3.8) is 0 Å². The first-order valence-corrected chi connectivity index (χ1v) is 11.6. The van der Waals surface area contributed by atoms with Crippen LogP contribution in [-0.4, -0.2) is 60.8 Å². The van der Waals surface area contributed by atoms with Crippen molar-refractivity contribution in [1.29, 1.82) is 0 Å². The Kier molecular flexibility index (Phi) is 6.30. The first kappa shape index (κ1) is 23.4. The Morgan fingerprint density at radius 3 is 2.33 bits per heavy atom. The summed E-state index contributed by atoms with van der Waals surface area (Å²) in [6.45, 7) is 4.11. The van der Waals surface area contributed by atoms with Crippen LogP contribution in [0.2, 0.25) is 0 Å². The number of anilines is 2. The van der Waals surface area contributed by atoms with E-state index in [1.54, 1.807) is 54.6 Å². The van der Waals surface area contributed by atoms with E-state index in [1.807, 2.05) is 0 Å². The third kappa shape index (κ3) is 4.36. The Labute approximate surface area is 207 Å². The van der Waals surface area contributed by atoms with Crippen molar-refractivity contribution in [2.45, 2.75) is 13.0 Å². The zero-order valence-electron chi connectivity index (χ0n) is 19.5. The lowest BCUT2D eigenvalue weighted by atomic mass is 9.83. The van der Waals surface area contributed by atoms with Crippen LogP contribution in [0.3, 0.4) is 0 Å². The number of amides is 1. The van der Waals surface area contributed by atoms with Gasteiger partial charge in [0.1, 0.15) is 5.82 Å². The second-order valence-electron chi connectivity index (χ2n) is 8.47. The van der Waals surface area contributed by atoms with Gasteiger partial charge in [0, 0.05) is 36.0 Å². The van der Waals surface area contributed by atoms with Gasteiger partial charge in [0.05, 0.1) is 30.0 Å². The van der Waals surface area contributed by atoms with Gasteiger partial charge >= 0.3 is 5.97 Å². The van der Waals surface area contributed by atoms with Gasteiger partial charge in [-0.25, -0.2) is 9.78 Å². The van der Waals surface area contributed by atoms with Crippen molar-refractivity contribution in [2.75, 3.05) is 36.5 Å². The number of nitrogens with zero attached hydrogens (tertiary/aromatic N) is 2. The molecule has 36 heavy (non-hydrogen) atoms. The average molecular weight is 485 g/mol. The molecule has 2 aromatic carbocycles. The zero-order valence-corrected chi connectivity index (χ0v) is 19.5. The molecule has 1 N–H and O–H groups in total. The first-order valence-electron chi connectivity index (χ1n) is 11.6. The lowest BCUT2D eigenvalue weighted by Gasteiger charge is -2.27. The largest absolute Gasteiger partial charge is 0.449 e. The molecule has 1 aliphatic carbocycles. The summed E-state index contributed by atoms with van der Waals surface area (Å²) in [4.78, 5) is 57.8. The molecule has 1 atom stereocenters. The van der Waals surface area contributed by atoms with Crippen molar-refractivity contribution in [1.82, 2.24) is 4.98 Å². The van der Waals surface area contributed by atoms with Crippen LogP contribution in [0.4, 0.5) is 11.5 Å². The van der Waals surface area contributed by atoms with Crippen molar-refractivity contribution in [3.8, 4) is 0 Å². The molecule has 0 spiro atoms. The number of rotatable bonds is 5. The number of fused-ring (bicyclic) bond motifs is 2. The first-order chi connectivity index (χ1) is 17.4. The number of esters is 1. The Morgan fingerprint density at radius 1 is 0.944 bits per heavy atom. The number of carbonyl (C=O) groups is 4. The van der Waals surface area contributed by atoms with Gasteiger partial charge in [-0.1, -0.05) is 36.4 Å². The molecule has 2 heterocycles. The van der Waals surface area contributed by atoms with Crippen LogP contribution in [0.5, 0.6) is 0 Å². The second-order valence-corrected chi connectivity index (χ2v) is 8.47. The highest BCUT2D eigenvalue weighted by molar-refractivity contribution is 6.30. The monoisotopic (exact) mass is 485 g/mol. The molecule has 2 aliphatic rings. The van der Waals surface area contributed by atoms with E-state index in [0.29, 0.717) is 18.8 Å². The molecular weight excluding hydrogens is 462 g/mol. The van der Waals surface area contributed by atoms with E-state index in [9.17, 15) is 19.2 Å².